The number of carboxylic acids is 1. The molecule has 1 aliphatic heterocycles. The van der Waals surface area contributed by atoms with Crippen LogP contribution in [0.4, 0.5) is 5.69 Å². The summed E-state index contributed by atoms with van der Waals surface area (Å²) >= 11 is 0. The largest absolute Gasteiger partial charge is 0.496 e. The number of rotatable bonds is 4. The van der Waals surface area contributed by atoms with Gasteiger partial charge < -0.3 is 14.7 Å². The predicted molar refractivity (Wildman–Crippen MR) is 71.3 cm³/mol. The average Bonchev–Trinajstić information content (AvgIpc) is 2.95. The fourth-order valence-corrected chi connectivity index (χ4v) is 2.39. The number of methoxy groups -OCH3 is 1. The highest BCUT2D eigenvalue weighted by molar-refractivity contribution is 5.99. The molecule has 0 saturated carbocycles. The van der Waals surface area contributed by atoms with Crippen LogP contribution in [0.3, 0.4) is 0 Å². The molecule has 8 nitrogen and oxygen atoms in total. The molecule has 1 aromatic carbocycles. The van der Waals surface area contributed by atoms with E-state index in [1.165, 1.54) is 24.1 Å². The van der Waals surface area contributed by atoms with E-state index in [2.05, 4.69) is 0 Å². The number of ether oxygens (including phenoxy) is 1. The van der Waals surface area contributed by atoms with Crippen molar-refractivity contribution in [3.8, 4) is 5.75 Å². The SMILES string of the molecule is COc1cc([N+](=O)[O-])ccc1C(=O)N1CCC[C@H]1C(=O)O. The van der Waals surface area contributed by atoms with Crippen LogP contribution in [0.1, 0.15) is 23.2 Å². The Morgan fingerprint density at radius 3 is 2.76 bits per heavy atom. The van der Waals surface area contributed by atoms with Crippen LogP contribution < -0.4 is 4.74 Å². The van der Waals surface area contributed by atoms with E-state index in [-0.39, 0.29) is 17.0 Å². The highest BCUT2D eigenvalue weighted by atomic mass is 16.6. The molecule has 0 spiro atoms. The van der Waals surface area contributed by atoms with Crippen LogP contribution in [0.2, 0.25) is 0 Å². The van der Waals surface area contributed by atoms with Crippen molar-refractivity contribution in [2.24, 2.45) is 0 Å². The maximum absolute atomic E-state index is 12.4. The van der Waals surface area contributed by atoms with Crippen molar-refractivity contribution in [3.63, 3.8) is 0 Å². The number of carboxylic acid groups (broad SMARTS) is 1. The van der Waals surface area contributed by atoms with Crippen molar-refractivity contribution >= 4 is 17.6 Å². The van der Waals surface area contributed by atoms with Gasteiger partial charge in [0.05, 0.1) is 23.7 Å². The lowest BCUT2D eigenvalue weighted by molar-refractivity contribution is -0.384. The van der Waals surface area contributed by atoms with Gasteiger partial charge in [0.2, 0.25) is 0 Å². The van der Waals surface area contributed by atoms with Gasteiger partial charge in [-0.25, -0.2) is 4.79 Å². The lowest BCUT2D eigenvalue weighted by Crippen LogP contribution is -2.40. The van der Waals surface area contributed by atoms with E-state index < -0.39 is 22.8 Å². The van der Waals surface area contributed by atoms with E-state index in [1.807, 2.05) is 0 Å². The Hall–Kier alpha value is -2.64. The molecule has 21 heavy (non-hydrogen) atoms. The molecule has 1 atom stereocenters. The molecule has 1 fully saturated rings. The van der Waals surface area contributed by atoms with Crippen LogP contribution in [0.5, 0.6) is 5.75 Å². The molecule has 1 N–H and O–H groups in total. The third-order valence-corrected chi connectivity index (χ3v) is 3.43. The number of amides is 1. The standard InChI is InChI=1S/C13H14N2O6/c1-21-11-7-8(15(19)20)4-5-9(11)12(16)14-6-2-3-10(14)13(17)18/h4-5,7,10H,2-3,6H2,1H3,(H,17,18)/t10-/m0/s1. The first-order chi connectivity index (χ1) is 9.95. The van der Waals surface area contributed by atoms with Crippen molar-refractivity contribution < 1.29 is 24.4 Å². The van der Waals surface area contributed by atoms with Crippen LogP contribution in [0, 0.1) is 10.1 Å². The number of aliphatic carboxylic acids is 1. The molecule has 1 heterocycles. The van der Waals surface area contributed by atoms with Gasteiger partial charge in [0.1, 0.15) is 11.8 Å². The van der Waals surface area contributed by atoms with Gasteiger partial charge in [-0.05, 0) is 18.9 Å². The van der Waals surface area contributed by atoms with Gasteiger partial charge in [-0.3, -0.25) is 14.9 Å². The van der Waals surface area contributed by atoms with Crippen LogP contribution >= 0.6 is 0 Å². The summed E-state index contributed by atoms with van der Waals surface area (Å²) in [6.07, 6.45) is 1.01. The summed E-state index contributed by atoms with van der Waals surface area (Å²) in [5, 5.41) is 19.8. The van der Waals surface area contributed by atoms with Crippen LogP contribution in [-0.4, -0.2) is 46.5 Å². The summed E-state index contributed by atoms with van der Waals surface area (Å²) < 4.78 is 5.01. The molecule has 1 saturated heterocycles. The van der Waals surface area contributed by atoms with Crippen molar-refractivity contribution in [1.82, 2.24) is 4.90 Å². The Morgan fingerprint density at radius 1 is 1.48 bits per heavy atom. The van der Waals surface area contributed by atoms with E-state index in [4.69, 9.17) is 9.84 Å². The highest BCUT2D eigenvalue weighted by Gasteiger charge is 2.35. The third-order valence-electron chi connectivity index (χ3n) is 3.43. The molecule has 0 radical (unpaired) electrons. The maximum atomic E-state index is 12.4. The molecule has 0 bridgehead atoms. The zero-order valence-corrected chi connectivity index (χ0v) is 11.3. The number of nitrogens with zero attached hydrogens (tertiary/aromatic N) is 2. The Balaban J connectivity index is 2.35. The predicted octanol–water partition coefficient (Wildman–Crippen LogP) is 1.29. The summed E-state index contributed by atoms with van der Waals surface area (Å²) in [4.78, 5) is 35.0. The molecule has 0 aliphatic carbocycles. The van der Waals surface area contributed by atoms with Gasteiger partial charge >= 0.3 is 5.97 Å². The van der Waals surface area contributed by atoms with Crippen LogP contribution in [0.25, 0.3) is 0 Å². The summed E-state index contributed by atoms with van der Waals surface area (Å²) in [6, 6.07) is 2.77. The zero-order valence-electron chi connectivity index (χ0n) is 11.3. The number of likely N-dealkylation sites (tertiary alicyclic amines) is 1. The molecule has 112 valence electrons. The number of hydrogen-bond donors (Lipinski definition) is 1. The van der Waals surface area contributed by atoms with E-state index in [0.717, 1.165) is 6.07 Å². The molecule has 0 aromatic heterocycles. The second-order valence-electron chi connectivity index (χ2n) is 4.64. The van der Waals surface area contributed by atoms with E-state index in [9.17, 15) is 19.7 Å². The topological polar surface area (TPSA) is 110 Å². The number of nitro benzene ring substituents is 1. The normalized spacial score (nSPS) is 17.6. The Bertz CT molecular complexity index is 600. The second kappa shape index (κ2) is 5.78. The smallest absolute Gasteiger partial charge is 0.326 e. The van der Waals surface area contributed by atoms with Crippen molar-refractivity contribution in [3.05, 3.63) is 33.9 Å². The number of benzene rings is 1. The minimum Gasteiger partial charge on any atom is -0.496 e. The summed E-state index contributed by atoms with van der Waals surface area (Å²) in [5.41, 5.74) is -0.0733. The molecular weight excluding hydrogens is 280 g/mol. The van der Waals surface area contributed by atoms with E-state index in [1.54, 1.807) is 0 Å². The average molecular weight is 294 g/mol. The van der Waals surface area contributed by atoms with Gasteiger partial charge in [0.25, 0.3) is 11.6 Å². The molecule has 0 unspecified atom stereocenters. The van der Waals surface area contributed by atoms with Crippen molar-refractivity contribution in [1.29, 1.82) is 0 Å². The van der Waals surface area contributed by atoms with Crippen LogP contribution in [0.15, 0.2) is 18.2 Å². The first kappa shape index (κ1) is 14.8. The monoisotopic (exact) mass is 294 g/mol. The molecule has 8 heteroatoms. The second-order valence-corrected chi connectivity index (χ2v) is 4.64. The first-order valence-corrected chi connectivity index (χ1v) is 6.32. The van der Waals surface area contributed by atoms with Gasteiger partial charge in [-0.15, -0.1) is 0 Å². The Labute approximate surface area is 120 Å². The molecule has 1 aromatic rings. The summed E-state index contributed by atoms with van der Waals surface area (Å²) in [5.74, 6) is -1.49. The van der Waals surface area contributed by atoms with Gasteiger partial charge in [0.15, 0.2) is 0 Å². The maximum Gasteiger partial charge on any atom is 0.326 e. The molecule has 1 amide bonds. The molecule has 1 aliphatic rings. The van der Waals surface area contributed by atoms with Gasteiger partial charge in [-0.2, -0.15) is 0 Å². The van der Waals surface area contributed by atoms with Gasteiger partial charge in [0, 0.05) is 12.6 Å². The van der Waals surface area contributed by atoms with Crippen LogP contribution in [-0.2, 0) is 4.79 Å². The summed E-state index contributed by atoms with van der Waals surface area (Å²) in [6.45, 7) is 0.343. The number of carbonyl (C=O) groups excluding carboxylic acids is 1. The minimum atomic E-state index is -1.05. The third kappa shape index (κ3) is 2.78. The molecule has 2 rings (SSSR count). The quantitative estimate of drug-likeness (QED) is 0.662. The highest BCUT2D eigenvalue weighted by Crippen LogP contribution is 2.28. The Morgan fingerprint density at radius 2 is 2.19 bits per heavy atom. The Kier molecular flexibility index (Phi) is 4.06. The fourth-order valence-electron chi connectivity index (χ4n) is 2.39. The van der Waals surface area contributed by atoms with Crippen molar-refractivity contribution in [2.45, 2.75) is 18.9 Å². The number of nitro groups is 1. The van der Waals surface area contributed by atoms with Gasteiger partial charge in [-0.1, -0.05) is 0 Å². The molecular formula is C13H14N2O6. The lowest BCUT2D eigenvalue weighted by Gasteiger charge is -2.22. The number of hydrogen-bond acceptors (Lipinski definition) is 5. The van der Waals surface area contributed by atoms with Crippen molar-refractivity contribution in [2.75, 3.05) is 13.7 Å². The van der Waals surface area contributed by atoms with E-state index >= 15 is 0 Å². The fraction of sp³-hybridized carbons (Fsp3) is 0.385. The summed E-state index contributed by atoms with van der Waals surface area (Å²) in [7, 11) is 1.30. The number of carbonyl (C=O) groups is 2. The zero-order chi connectivity index (χ0) is 15.6. The van der Waals surface area contributed by atoms with E-state index in [0.29, 0.717) is 19.4 Å². The lowest BCUT2D eigenvalue weighted by atomic mass is 10.1. The number of non-ortho nitro benzene ring substituents is 1. The minimum absolute atomic E-state index is 0.0604. The first-order valence-electron chi connectivity index (χ1n) is 6.32.